The highest BCUT2D eigenvalue weighted by Crippen LogP contribution is 2.22. The molecule has 1 aliphatic rings. The van der Waals surface area contributed by atoms with Gasteiger partial charge in [0.25, 0.3) is 5.56 Å². The summed E-state index contributed by atoms with van der Waals surface area (Å²) in [5, 5.41) is 5.25. The van der Waals surface area contributed by atoms with E-state index in [0.29, 0.717) is 11.6 Å². The van der Waals surface area contributed by atoms with Gasteiger partial charge in [0.15, 0.2) is 0 Å². The monoisotopic (exact) mass is 313 g/mol. The van der Waals surface area contributed by atoms with Crippen LogP contribution in [0.5, 0.6) is 0 Å². The predicted octanol–water partition coefficient (Wildman–Crippen LogP) is 3.08. The zero-order valence-corrected chi connectivity index (χ0v) is 12.9. The van der Waals surface area contributed by atoms with Crippen LogP contribution in [0.2, 0.25) is 5.02 Å². The van der Waals surface area contributed by atoms with Crippen LogP contribution in [0.25, 0.3) is 5.52 Å². The van der Waals surface area contributed by atoms with Crippen LogP contribution < -0.4 is 5.56 Å². The smallest absolute Gasteiger partial charge is 0.277 e. The Hall–Kier alpha value is -2.07. The van der Waals surface area contributed by atoms with Crippen molar-refractivity contribution in [1.82, 2.24) is 14.2 Å². The molecule has 0 aliphatic heterocycles. The van der Waals surface area contributed by atoms with Crippen molar-refractivity contribution in [2.24, 2.45) is 0 Å². The van der Waals surface area contributed by atoms with Crippen molar-refractivity contribution < 1.29 is 0 Å². The summed E-state index contributed by atoms with van der Waals surface area (Å²) in [5.41, 5.74) is 4.00. The Labute approximate surface area is 133 Å². The highest BCUT2D eigenvalue weighted by atomic mass is 35.5. The SMILES string of the molecule is O=c1c2c3c(nn2ccn1Cc1cccc(Cl)c1)CCCC3. The number of hydrogen-bond donors (Lipinski definition) is 0. The summed E-state index contributed by atoms with van der Waals surface area (Å²) in [6.45, 7) is 0.524. The molecule has 0 bridgehead atoms. The van der Waals surface area contributed by atoms with Crippen LogP contribution in [0.15, 0.2) is 41.5 Å². The van der Waals surface area contributed by atoms with E-state index in [9.17, 15) is 4.79 Å². The Morgan fingerprint density at radius 1 is 1.18 bits per heavy atom. The molecule has 0 saturated heterocycles. The Balaban J connectivity index is 1.82. The quantitative estimate of drug-likeness (QED) is 0.729. The van der Waals surface area contributed by atoms with E-state index in [1.54, 1.807) is 15.3 Å². The average Bonchev–Trinajstić information content (AvgIpc) is 2.89. The fourth-order valence-corrected chi connectivity index (χ4v) is 3.42. The van der Waals surface area contributed by atoms with Crippen LogP contribution in [0.3, 0.4) is 0 Å². The van der Waals surface area contributed by atoms with Gasteiger partial charge in [-0.1, -0.05) is 23.7 Å². The first-order valence-corrected chi connectivity index (χ1v) is 7.94. The van der Waals surface area contributed by atoms with Gasteiger partial charge in [0.1, 0.15) is 5.52 Å². The van der Waals surface area contributed by atoms with E-state index in [2.05, 4.69) is 5.10 Å². The zero-order valence-electron chi connectivity index (χ0n) is 12.1. The minimum atomic E-state index is 0.0260. The lowest BCUT2D eigenvalue weighted by Crippen LogP contribution is -2.22. The van der Waals surface area contributed by atoms with Crippen LogP contribution in [-0.2, 0) is 19.4 Å². The lowest BCUT2D eigenvalue weighted by molar-refractivity contribution is 0.673. The molecule has 0 amide bonds. The molecule has 0 fully saturated rings. The maximum Gasteiger partial charge on any atom is 0.277 e. The second-order valence-electron chi connectivity index (χ2n) is 5.79. The largest absolute Gasteiger partial charge is 0.308 e. The molecule has 2 heterocycles. The molecule has 1 aromatic carbocycles. The number of fused-ring (bicyclic) bond motifs is 3. The van der Waals surface area contributed by atoms with Gasteiger partial charge in [0, 0.05) is 23.0 Å². The van der Waals surface area contributed by atoms with Gasteiger partial charge in [0.05, 0.1) is 12.2 Å². The van der Waals surface area contributed by atoms with Crippen molar-refractivity contribution in [2.75, 3.05) is 0 Å². The molecule has 0 N–H and O–H groups in total. The van der Waals surface area contributed by atoms with Crippen LogP contribution >= 0.6 is 11.6 Å². The van der Waals surface area contributed by atoms with Crippen molar-refractivity contribution >= 4 is 17.1 Å². The van der Waals surface area contributed by atoms with Gasteiger partial charge in [-0.2, -0.15) is 5.10 Å². The zero-order chi connectivity index (χ0) is 15.1. The number of nitrogens with zero attached hydrogens (tertiary/aromatic N) is 3. The fourth-order valence-electron chi connectivity index (χ4n) is 3.21. The fraction of sp³-hybridized carbons (Fsp3) is 0.294. The van der Waals surface area contributed by atoms with Crippen LogP contribution in [0, 0.1) is 0 Å². The summed E-state index contributed by atoms with van der Waals surface area (Å²) < 4.78 is 3.48. The van der Waals surface area contributed by atoms with Gasteiger partial charge >= 0.3 is 0 Å². The number of benzene rings is 1. The van der Waals surface area contributed by atoms with Gasteiger partial charge < -0.3 is 4.57 Å². The molecule has 0 unspecified atom stereocenters. The van der Waals surface area contributed by atoms with Gasteiger partial charge in [-0.15, -0.1) is 0 Å². The van der Waals surface area contributed by atoms with Crippen molar-refractivity contribution in [1.29, 1.82) is 0 Å². The van der Waals surface area contributed by atoms with E-state index >= 15 is 0 Å². The van der Waals surface area contributed by atoms with Crippen molar-refractivity contribution in [3.8, 4) is 0 Å². The molecule has 5 heteroatoms. The number of aryl methyl sites for hydroxylation is 2. The predicted molar refractivity (Wildman–Crippen MR) is 86.6 cm³/mol. The Bertz CT molecular complexity index is 910. The average molecular weight is 314 g/mol. The Kier molecular flexibility index (Phi) is 3.26. The van der Waals surface area contributed by atoms with Crippen LogP contribution in [0.1, 0.15) is 29.7 Å². The molecule has 0 spiro atoms. The Morgan fingerprint density at radius 3 is 2.91 bits per heavy atom. The third kappa shape index (κ3) is 2.24. The summed E-state index contributed by atoms with van der Waals surface area (Å²) in [4.78, 5) is 12.8. The first kappa shape index (κ1) is 13.6. The Morgan fingerprint density at radius 2 is 2.05 bits per heavy atom. The lowest BCUT2D eigenvalue weighted by atomic mass is 9.97. The molecule has 112 valence electrons. The molecule has 4 rings (SSSR count). The van der Waals surface area contributed by atoms with Gasteiger partial charge in [-0.25, -0.2) is 4.52 Å². The third-order valence-electron chi connectivity index (χ3n) is 4.28. The van der Waals surface area contributed by atoms with Crippen molar-refractivity contribution in [3.63, 3.8) is 0 Å². The van der Waals surface area contributed by atoms with Crippen molar-refractivity contribution in [3.05, 3.63) is 68.9 Å². The molecule has 3 aromatic rings. The van der Waals surface area contributed by atoms with E-state index in [4.69, 9.17) is 11.6 Å². The van der Waals surface area contributed by atoms with Crippen molar-refractivity contribution in [2.45, 2.75) is 32.2 Å². The third-order valence-corrected chi connectivity index (χ3v) is 4.51. The molecule has 2 aromatic heterocycles. The standard InChI is InChI=1S/C17H16ClN3O/c18-13-5-3-4-12(10-13)11-20-8-9-21-16(17(20)22)14-6-1-2-7-15(14)19-21/h3-5,8-10H,1-2,6-7,11H2. The summed E-state index contributed by atoms with van der Waals surface area (Å²) in [6, 6.07) is 7.62. The highest BCUT2D eigenvalue weighted by Gasteiger charge is 2.19. The molecule has 22 heavy (non-hydrogen) atoms. The normalized spacial score (nSPS) is 14.2. The van der Waals surface area contributed by atoms with E-state index in [-0.39, 0.29) is 5.56 Å². The number of halogens is 1. The summed E-state index contributed by atoms with van der Waals surface area (Å²) in [7, 11) is 0. The maximum absolute atomic E-state index is 12.8. The van der Waals surface area contributed by atoms with E-state index in [0.717, 1.165) is 48.0 Å². The topological polar surface area (TPSA) is 39.3 Å². The number of rotatable bonds is 2. The highest BCUT2D eigenvalue weighted by molar-refractivity contribution is 6.30. The summed E-state index contributed by atoms with van der Waals surface area (Å²) in [5.74, 6) is 0. The molecule has 0 atom stereocenters. The van der Waals surface area contributed by atoms with Crippen LogP contribution in [-0.4, -0.2) is 14.2 Å². The lowest BCUT2D eigenvalue weighted by Gasteiger charge is -2.09. The van der Waals surface area contributed by atoms with Gasteiger partial charge in [-0.05, 0) is 43.4 Å². The minimum absolute atomic E-state index is 0.0260. The number of hydrogen-bond acceptors (Lipinski definition) is 2. The molecule has 0 radical (unpaired) electrons. The maximum atomic E-state index is 12.8. The summed E-state index contributed by atoms with van der Waals surface area (Å²) >= 11 is 6.02. The second-order valence-corrected chi connectivity index (χ2v) is 6.22. The van der Waals surface area contributed by atoms with Gasteiger partial charge in [-0.3, -0.25) is 4.79 Å². The molecule has 1 aliphatic carbocycles. The van der Waals surface area contributed by atoms with Gasteiger partial charge in [0.2, 0.25) is 0 Å². The van der Waals surface area contributed by atoms with E-state index < -0.39 is 0 Å². The second kappa shape index (κ2) is 5.29. The number of aromatic nitrogens is 3. The molecular formula is C17H16ClN3O. The summed E-state index contributed by atoms with van der Waals surface area (Å²) in [6.07, 6.45) is 7.90. The van der Waals surface area contributed by atoms with Crippen LogP contribution in [0.4, 0.5) is 0 Å². The molecular weight excluding hydrogens is 298 g/mol. The minimum Gasteiger partial charge on any atom is -0.308 e. The first-order chi connectivity index (χ1) is 10.7. The van der Waals surface area contributed by atoms with E-state index in [1.807, 2.05) is 30.5 Å². The van der Waals surface area contributed by atoms with E-state index in [1.165, 1.54) is 0 Å². The first-order valence-electron chi connectivity index (χ1n) is 7.56. The molecule has 4 nitrogen and oxygen atoms in total. The molecule has 0 saturated carbocycles.